The first-order valence-corrected chi connectivity index (χ1v) is 10.0. The Bertz CT molecular complexity index is 1160. The van der Waals surface area contributed by atoms with Gasteiger partial charge in [0.2, 0.25) is 0 Å². The van der Waals surface area contributed by atoms with Crippen LogP contribution in [0.1, 0.15) is 24.9 Å². The zero-order valence-electron chi connectivity index (χ0n) is 17.7. The van der Waals surface area contributed by atoms with E-state index in [9.17, 15) is 19.5 Å². The van der Waals surface area contributed by atoms with Crippen LogP contribution in [0, 0.1) is 0 Å². The van der Waals surface area contributed by atoms with Crippen LogP contribution in [0.4, 0.5) is 10.5 Å². The molecule has 0 fully saturated rings. The molecule has 0 aliphatic heterocycles. The van der Waals surface area contributed by atoms with Gasteiger partial charge >= 0.3 is 12.0 Å². The third-order valence-electron chi connectivity index (χ3n) is 4.72. The summed E-state index contributed by atoms with van der Waals surface area (Å²) in [5.74, 6) is -0.846. The molecule has 0 radical (unpaired) electrons. The van der Waals surface area contributed by atoms with E-state index in [0.29, 0.717) is 5.56 Å². The topological polar surface area (TPSA) is 123 Å². The molecule has 0 bridgehead atoms. The third kappa shape index (κ3) is 5.51. The van der Waals surface area contributed by atoms with Crippen LogP contribution in [-0.2, 0) is 16.6 Å². The molecule has 0 spiro atoms. The summed E-state index contributed by atoms with van der Waals surface area (Å²) >= 11 is 0. The lowest BCUT2D eigenvalue weighted by atomic mass is 10.00. The summed E-state index contributed by atoms with van der Waals surface area (Å²) in [6, 6.07) is 12.6. The van der Waals surface area contributed by atoms with Crippen molar-refractivity contribution in [1.82, 2.24) is 14.9 Å². The van der Waals surface area contributed by atoms with Crippen molar-refractivity contribution in [3.8, 4) is 17.0 Å². The summed E-state index contributed by atoms with van der Waals surface area (Å²) in [4.78, 5) is 41.4. The van der Waals surface area contributed by atoms with Crippen LogP contribution < -0.4 is 16.2 Å². The Morgan fingerprint density at radius 2 is 2.00 bits per heavy atom. The van der Waals surface area contributed by atoms with E-state index in [2.05, 4.69) is 15.6 Å². The molecule has 0 aliphatic rings. The SMILES string of the molecule is CCOC(=O)C[C@H](NC(=O)Nc1c(O)ccn(C)c1=O)c1cccc(-c2ccccn2)c1. The molecule has 3 aromatic rings. The standard InChI is InChI=1S/C23H24N4O5/c1-3-32-20(29)14-18(16-8-6-7-15(13-16)17-9-4-5-11-24-17)25-23(31)26-21-19(28)10-12-27(2)22(21)30/h4-13,18,28H,3,14H2,1-2H3,(H2,25,26,31)/t18-/m0/s1. The molecule has 1 aromatic carbocycles. The highest BCUT2D eigenvalue weighted by Crippen LogP contribution is 2.24. The van der Waals surface area contributed by atoms with Crippen molar-refractivity contribution in [2.24, 2.45) is 7.05 Å². The number of aromatic nitrogens is 2. The molecule has 9 nitrogen and oxygen atoms in total. The minimum Gasteiger partial charge on any atom is -0.505 e. The average Bonchev–Trinajstić information content (AvgIpc) is 2.80. The maximum Gasteiger partial charge on any atom is 0.319 e. The van der Waals surface area contributed by atoms with Crippen LogP contribution in [0.25, 0.3) is 11.3 Å². The van der Waals surface area contributed by atoms with Gasteiger partial charge in [0.15, 0.2) is 5.69 Å². The van der Waals surface area contributed by atoms with Crippen LogP contribution in [0.15, 0.2) is 65.7 Å². The Kier molecular flexibility index (Phi) is 7.22. The second kappa shape index (κ2) is 10.3. The fourth-order valence-corrected chi connectivity index (χ4v) is 3.13. The minimum absolute atomic E-state index is 0.119. The van der Waals surface area contributed by atoms with E-state index in [1.165, 1.54) is 23.9 Å². The number of aromatic hydroxyl groups is 1. The second-order valence-corrected chi connectivity index (χ2v) is 6.99. The molecule has 2 aromatic heterocycles. The maximum atomic E-state index is 12.7. The van der Waals surface area contributed by atoms with Crippen molar-refractivity contribution < 1.29 is 19.4 Å². The number of nitrogens with zero attached hydrogens (tertiary/aromatic N) is 2. The number of benzene rings is 1. The number of hydrogen-bond donors (Lipinski definition) is 3. The molecule has 32 heavy (non-hydrogen) atoms. The van der Waals surface area contributed by atoms with Crippen molar-refractivity contribution in [2.45, 2.75) is 19.4 Å². The van der Waals surface area contributed by atoms with E-state index in [-0.39, 0.29) is 24.5 Å². The number of urea groups is 1. The van der Waals surface area contributed by atoms with Gasteiger partial charge in [0.1, 0.15) is 5.75 Å². The Morgan fingerprint density at radius 1 is 1.19 bits per heavy atom. The van der Waals surface area contributed by atoms with Crippen LogP contribution in [0.5, 0.6) is 5.75 Å². The number of anilines is 1. The quantitative estimate of drug-likeness (QED) is 0.490. The molecular formula is C23H24N4O5. The zero-order valence-corrected chi connectivity index (χ0v) is 17.7. The van der Waals surface area contributed by atoms with Crippen molar-refractivity contribution in [1.29, 1.82) is 0 Å². The highest BCUT2D eigenvalue weighted by Gasteiger charge is 2.21. The van der Waals surface area contributed by atoms with Gasteiger partial charge in [0.25, 0.3) is 5.56 Å². The predicted octanol–water partition coefficient (Wildman–Crippen LogP) is 2.97. The van der Waals surface area contributed by atoms with Crippen LogP contribution in [0.2, 0.25) is 0 Å². The normalized spacial score (nSPS) is 11.4. The summed E-state index contributed by atoms with van der Waals surface area (Å²) in [5.41, 5.74) is 1.38. The lowest BCUT2D eigenvalue weighted by Gasteiger charge is -2.20. The molecule has 1 atom stereocenters. The number of rotatable bonds is 7. The Labute approximate surface area is 184 Å². The summed E-state index contributed by atoms with van der Waals surface area (Å²) < 4.78 is 6.27. The lowest BCUT2D eigenvalue weighted by molar-refractivity contribution is -0.143. The zero-order chi connectivity index (χ0) is 23.1. The van der Waals surface area contributed by atoms with E-state index in [1.54, 1.807) is 25.3 Å². The van der Waals surface area contributed by atoms with E-state index in [1.807, 2.05) is 30.3 Å². The van der Waals surface area contributed by atoms with Gasteiger partial charge in [-0.15, -0.1) is 0 Å². The molecule has 166 valence electrons. The van der Waals surface area contributed by atoms with E-state index in [0.717, 1.165) is 11.3 Å². The van der Waals surface area contributed by atoms with Gasteiger partial charge in [-0.3, -0.25) is 14.6 Å². The van der Waals surface area contributed by atoms with Gasteiger partial charge in [-0.05, 0) is 36.8 Å². The van der Waals surface area contributed by atoms with Gasteiger partial charge in [0.05, 0.1) is 24.8 Å². The summed E-state index contributed by atoms with van der Waals surface area (Å²) in [5, 5.41) is 15.0. The fraction of sp³-hybridized carbons (Fsp3) is 0.217. The number of ether oxygens (including phenoxy) is 1. The molecule has 0 saturated carbocycles. The number of pyridine rings is 2. The maximum absolute atomic E-state index is 12.7. The second-order valence-electron chi connectivity index (χ2n) is 6.99. The first-order chi connectivity index (χ1) is 15.4. The minimum atomic E-state index is -0.749. The first kappa shape index (κ1) is 22.5. The number of hydrogen-bond acceptors (Lipinski definition) is 6. The molecule has 0 aliphatic carbocycles. The fourth-order valence-electron chi connectivity index (χ4n) is 3.13. The van der Waals surface area contributed by atoms with Gasteiger partial charge in [-0.2, -0.15) is 0 Å². The van der Waals surface area contributed by atoms with E-state index >= 15 is 0 Å². The molecular weight excluding hydrogens is 412 g/mol. The smallest absolute Gasteiger partial charge is 0.319 e. The molecule has 0 unspecified atom stereocenters. The number of amides is 2. The number of carbonyl (C=O) groups excluding carboxylic acids is 2. The summed E-state index contributed by atoms with van der Waals surface area (Å²) in [6.07, 6.45) is 2.94. The number of nitrogens with one attached hydrogen (secondary N) is 2. The Balaban J connectivity index is 1.87. The van der Waals surface area contributed by atoms with E-state index < -0.39 is 23.6 Å². The molecule has 9 heteroatoms. The molecule has 3 rings (SSSR count). The molecule has 0 saturated heterocycles. The Hall–Kier alpha value is -4.14. The summed E-state index contributed by atoms with van der Waals surface area (Å²) in [6.45, 7) is 1.91. The van der Waals surface area contributed by atoms with Crippen LogP contribution in [0.3, 0.4) is 0 Å². The van der Waals surface area contributed by atoms with Crippen LogP contribution >= 0.6 is 0 Å². The molecule has 2 amide bonds. The van der Waals surface area contributed by atoms with Crippen molar-refractivity contribution in [2.75, 3.05) is 11.9 Å². The van der Waals surface area contributed by atoms with Crippen molar-refractivity contribution in [3.63, 3.8) is 0 Å². The number of esters is 1. The number of carbonyl (C=O) groups is 2. The monoisotopic (exact) mass is 436 g/mol. The average molecular weight is 436 g/mol. The van der Waals surface area contributed by atoms with Crippen molar-refractivity contribution in [3.05, 3.63) is 76.8 Å². The van der Waals surface area contributed by atoms with Gasteiger partial charge in [0, 0.05) is 25.0 Å². The first-order valence-electron chi connectivity index (χ1n) is 10.0. The highest BCUT2D eigenvalue weighted by molar-refractivity contribution is 5.91. The Morgan fingerprint density at radius 3 is 2.72 bits per heavy atom. The molecule has 3 N–H and O–H groups in total. The van der Waals surface area contributed by atoms with Gasteiger partial charge in [-0.25, -0.2) is 4.79 Å². The van der Waals surface area contributed by atoms with E-state index in [4.69, 9.17) is 4.74 Å². The van der Waals surface area contributed by atoms with Crippen LogP contribution in [-0.4, -0.2) is 33.3 Å². The van der Waals surface area contributed by atoms with Gasteiger partial charge in [-0.1, -0.05) is 24.3 Å². The lowest BCUT2D eigenvalue weighted by Crippen LogP contribution is -2.36. The summed E-state index contributed by atoms with van der Waals surface area (Å²) in [7, 11) is 1.50. The third-order valence-corrected chi connectivity index (χ3v) is 4.72. The van der Waals surface area contributed by atoms with Gasteiger partial charge < -0.3 is 25.0 Å². The molecule has 2 heterocycles. The van der Waals surface area contributed by atoms with Crippen molar-refractivity contribution >= 4 is 17.7 Å². The predicted molar refractivity (Wildman–Crippen MR) is 119 cm³/mol. The highest BCUT2D eigenvalue weighted by atomic mass is 16.5. The number of aryl methyl sites for hydroxylation is 1. The largest absolute Gasteiger partial charge is 0.505 e.